The van der Waals surface area contributed by atoms with Crippen LogP contribution in [-0.2, 0) is 9.59 Å². The normalized spacial score (nSPS) is 25.8. The molecule has 4 rings (SSSR count). The number of hydrogen-bond donors (Lipinski definition) is 0. The Labute approximate surface area is 150 Å². The van der Waals surface area contributed by atoms with Gasteiger partial charge in [-0.15, -0.1) is 0 Å². The van der Waals surface area contributed by atoms with Crippen LogP contribution in [0, 0.1) is 0 Å². The van der Waals surface area contributed by atoms with Gasteiger partial charge in [-0.25, -0.2) is 0 Å². The Bertz CT molecular complexity index is 621. The van der Waals surface area contributed by atoms with E-state index in [1.807, 2.05) is 0 Å². The summed E-state index contributed by atoms with van der Waals surface area (Å²) in [6.45, 7) is 0. The summed E-state index contributed by atoms with van der Waals surface area (Å²) in [7, 11) is 0. The van der Waals surface area contributed by atoms with Crippen LogP contribution in [0.15, 0.2) is 35.4 Å². The summed E-state index contributed by atoms with van der Waals surface area (Å²) in [5, 5.41) is 0. The van der Waals surface area contributed by atoms with Crippen LogP contribution in [0.2, 0.25) is 0 Å². The van der Waals surface area contributed by atoms with Crippen LogP contribution >= 0.6 is 23.5 Å². The molecular weight excluding hydrogens is 556 g/mol. The number of allylic oxidation sites excluding steroid dienone is 4. The Balaban J connectivity index is 1.62. The molecule has 0 radical (unpaired) electrons. The molecule has 0 aromatic carbocycles. The third kappa shape index (κ3) is 2.70. The van der Waals surface area contributed by atoms with Crippen molar-refractivity contribution in [3.05, 3.63) is 35.4 Å². The standard InChI is InChI=1S/C12H6O2S2Se4/c13-5-3-7-8(4-6(5)14)18-11(17-7)12-19-9-10(20-12)16-2-1-15-9/h3-4H,1-2H2. The first kappa shape index (κ1) is 14.7. The Hall–Kier alpha value is 1.08. The van der Waals surface area contributed by atoms with E-state index in [1.165, 1.54) is 20.4 Å². The number of ketones is 2. The molecule has 0 aromatic rings. The molecule has 102 valence electrons. The van der Waals surface area contributed by atoms with Crippen LogP contribution in [0.4, 0.5) is 0 Å². The fourth-order valence-corrected chi connectivity index (χ4v) is 22.9. The van der Waals surface area contributed by atoms with Gasteiger partial charge in [0.1, 0.15) is 0 Å². The van der Waals surface area contributed by atoms with E-state index < -0.39 is 0 Å². The van der Waals surface area contributed by atoms with Gasteiger partial charge in [-0.05, 0) is 0 Å². The first-order valence-corrected chi connectivity index (χ1v) is 14.5. The quantitative estimate of drug-likeness (QED) is 0.245. The van der Waals surface area contributed by atoms with Gasteiger partial charge in [0.15, 0.2) is 0 Å². The van der Waals surface area contributed by atoms with Crippen LogP contribution in [0.3, 0.4) is 0 Å². The zero-order chi connectivity index (χ0) is 13.7. The Kier molecular flexibility index (Phi) is 4.35. The van der Waals surface area contributed by atoms with Crippen molar-refractivity contribution < 1.29 is 9.59 Å². The maximum absolute atomic E-state index is 11.5. The average Bonchev–Trinajstić information content (AvgIpc) is 3.02. The Morgan fingerprint density at radius 3 is 1.70 bits per heavy atom. The second kappa shape index (κ2) is 5.94. The first-order valence-electron chi connectivity index (χ1n) is 5.68. The summed E-state index contributed by atoms with van der Waals surface area (Å²) in [6, 6.07) is 0. The molecule has 20 heavy (non-hydrogen) atoms. The maximum atomic E-state index is 11.5. The predicted molar refractivity (Wildman–Crippen MR) is 88.2 cm³/mol. The molecule has 8 heteroatoms. The summed E-state index contributed by atoms with van der Waals surface area (Å²) in [5.41, 5.74) is 0. The van der Waals surface area contributed by atoms with Gasteiger partial charge in [0.05, 0.1) is 0 Å². The van der Waals surface area contributed by atoms with Crippen molar-refractivity contribution in [1.82, 2.24) is 0 Å². The van der Waals surface area contributed by atoms with Gasteiger partial charge in [-0.3, -0.25) is 0 Å². The molecule has 3 heterocycles. The number of hydrogen-bond acceptors (Lipinski definition) is 4. The molecule has 2 nitrogen and oxygen atoms in total. The minimum atomic E-state index is -0.321. The van der Waals surface area contributed by atoms with Gasteiger partial charge in [0.2, 0.25) is 0 Å². The number of carbonyl (C=O) groups is 2. The summed E-state index contributed by atoms with van der Waals surface area (Å²) >= 11 is 5.86. The SMILES string of the molecule is O=C1C=C2[Se]C(=C3[Se]C4=C(SCCS4)[Se]3)[Se]C2=CC1=O. The number of carbonyl (C=O) groups excluding carboxylic acids is 2. The summed E-state index contributed by atoms with van der Waals surface area (Å²) in [6.07, 6.45) is 3.22. The van der Waals surface area contributed by atoms with Gasteiger partial charge in [-0.2, -0.15) is 0 Å². The van der Waals surface area contributed by atoms with Crippen LogP contribution in [-0.4, -0.2) is 82.9 Å². The molecule has 0 spiro atoms. The van der Waals surface area contributed by atoms with E-state index in [2.05, 4.69) is 23.5 Å². The first-order chi connectivity index (χ1) is 9.70. The van der Waals surface area contributed by atoms with Gasteiger partial charge < -0.3 is 0 Å². The second-order valence-electron chi connectivity index (χ2n) is 4.00. The van der Waals surface area contributed by atoms with Crippen molar-refractivity contribution in [2.24, 2.45) is 0 Å². The van der Waals surface area contributed by atoms with Gasteiger partial charge in [-0.1, -0.05) is 0 Å². The van der Waals surface area contributed by atoms with E-state index in [0.29, 0.717) is 59.8 Å². The van der Waals surface area contributed by atoms with Crippen LogP contribution in [0.1, 0.15) is 0 Å². The zero-order valence-electron chi connectivity index (χ0n) is 9.83. The number of rotatable bonds is 0. The van der Waals surface area contributed by atoms with Crippen LogP contribution < -0.4 is 0 Å². The number of thioether (sulfide) groups is 2. The van der Waals surface area contributed by atoms with Crippen molar-refractivity contribution in [3.8, 4) is 0 Å². The van der Waals surface area contributed by atoms with E-state index in [1.54, 1.807) is 26.5 Å². The van der Waals surface area contributed by atoms with Crippen molar-refractivity contribution in [1.29, 1.82) is 0 Å². The van der Waals surface area contributed by atoms with E-state index in [9.17, 15) is 9.59 Å². The van der Waals surface area contributed by atoms with Crippen LogP contribution in [0.5, 0.6) is 0 Å². The summed E-state index contributed by atoms with van der Waals surface area (Å²) in [5.74, 6) is 1.89. The van der Waals surface area contributed by atoms with Crippen molar-refractivity contribution in [3.63, 3.8) is 0 Å². The monoisotopic (exact) mass is 566 g/mol. The van der Waals surface area contributed by atoms with Gasteiger partial charge >= 0.3 is 151 Å². The molecule has 4 aliphatic rings. The molecular formula is C12H6O2S2Se4. The molecule has 1 saturated heterocycles. The molecule has 0 N–H and O–H groups in total. The molecule has 1 aliphatic carbocycles. The molecule has 0 amide bonds. The summed E-state index contributed by atoms with van der Waals surface area (Å²) < 4.78 is 9.05. The molecule has 0 aromatic heterocycles. The van der Waals surface area contributed by atoms with E-state index in [4.69, 9.17) is 0 Å². The van der Waals surface area contributed by atoms with Crippen molar-refractivity contribution in [2.45, 2.75) is 0 Å². The van der Waals surface area contributed by atoms with Gasteiger partial charge in [0, 0.05) is 0 Å². The predicted octanol–water partition coefficient (Wildman–Crippen LogP) is 0.483. The molecule has 0 bridgehead atoms. The minimum absolute atomic E-state index is 0.310. The summed E-state index contributed by atoms with van der Waals surface area (Å²) in [4.78, 5) is 23.0. The van der Waals surface area contributed by atoms with Crippen LogP contribution in [0.25, 0.3) is 0 Å². The molecule has 1 fully saturated rings. The van der Waals surface area contributed by atoms with E-state index >= 15 is 0 Å². The fraction of sp³-hybridized carbons (Fsp3) is 0.167. The topological polar surface area (TPSA) is 34.1 Å². The third-order valence-electron chi connectivity index (χ3n) is 2.67. The zero-order valence-corrected chi connectivity index (χ0v) is 18.3. The second-order valence-corrected chi connectivity index (χ2v) is 18.7. The van der Waals surface area contributed by atoms with E-state index in [0.717, 1.165) is 0 Å². The molecule has 3 aliphatic heterocycles. The molecule has 0 unspecified atom stereocenters. The van der Waals surface area contributed by atoms with Crippen molar-refractivity contribution >= 4 is 94.9 Å². The number of fused-ring (bicyclic) bond motifs is 1. The Morgan fingerprint density at radius 1 is 0.750 bits per heavy atom. The third-order valence-corrected chi connectivity index (χ3v) is 22.5. The fourth-order valence-electron chi connectivity index (χ4n) is 1.79. The van der Waals surface area contributed by atoms with Crippen molar-refractivity contribution in [2.75, 3.05) is 11.5 Å². The van der Waals surface area contributed by atoms with Gasteiger partial charge in [0.25, 0.3) is 0 Å². The molecule has 0 atom stereocenters. The average molecular weight is 562 g/mol. The van der Waals surface area contributed by atoms with E-state index in [-0.39, 0.29) is 11.6 Å². The Morgan fingerprint density at radius 2 is 1.20 bits per heavy atom. The molecule has 0 saturated carbocycles.